The molecule has 0 unspecified atom stereocenters. The molecule has 1 amide bonds. The molecular weight excluding hydrogens is 353 g/mol. The van der Waals surface area contributed by atoms with E-state index in [1.165, 1.54) is 6.07 Å². The van der Waals surface area contributed by atoms with Gasteiger partial charge in [0.25, 0.3) is 5.91 Å². The Hall–Kier alpha value is -3.47. The van der Waals surface area contributed by atoms with Gasteiger partial charge in [-0.2, -0.15) is 0 Å². The minimum Gasteiger partial charge on any atom is -0.354 e. The normalized spacial score (nSPS) is 11.0. The second-order valence-electron chi connectivity index (χ2n) is 6.86. The number of amides is 1. The number of aryl methyl sites for hydroxylation is 2. The van der Waals surface area contributed by atoms with Gasteiger partial charge in [-0.25, -0.2) is 4.39 Å². The Kier molecular flexibility index (Phi) is 4.65. The summed E-state index contributed by atoms with van der Waals surface area (Å²) in [6.07, 6.45) is 3.24. The van der Waals surface area contributed by atoms with E-state index in [-0.39, 0.29) is 11.7 Å². The fraction of sp³-hybridized carbons (Fsp3) is 0.130. The lowest BCUT2D eigenvalue weighted by Crippen LogP contribution is -2.23. The number of carbonyl (C=O) groups is 1. The molecule has 0 aliphatic carbocycles. The monoisotopic (exact) mass is 373 g/mol. The van der Waals surface area contributed by atoms with E-state index >= 15 is 0 Å². The van der Waals surface area contributed by atoms with Crippen LogP contribution in [0.4, 0.5) is 4.39 Å². The molecule has 2 N–H and O–H groups in total. The molecule has 0 saturated carbocycles. The van der Waals surface area contributed by atoms with E-state index in [9.17, 15) is 9.18 Å². The molecule has 0 spiro atoms. The highest BCUT2D eigenvalue weighted by Crippen LogP contribution is 2.31. The molecule has 5 heteroatoms. The number of aromatic amines is 1. The van der Waals surface area contributed by atoms with Gasteiger partial charge >= 0.3 is 0 Å². The van der Waals surface area contributed by atoms with Gasteiger partial charge in [0.2, 0.25) is 0 Å². The number of fused-ring (bicyclic) bond motifs is 1. The van der Waals surface area contributed by atoms with Crippen LogP contribution >= 0.6 is 0 Å². The summed E-state index contributed by atoms with van der Waals surface area (Å²) in [6.45, 7) is 4.26. The minimum absolute atomic E-state index is 0.150. The Morgan fingerprint density at radius 2 is 1.96 bits per heavy atom. The molecular formula is C23H20FN3O. The van der Waals surface area contributed by atoms with E-state index < -0.39 is 0 Å². The molecule has 28 heavy (non-hydrogen) atoms. The highest BCUT2D eigenvalue weighted by Gasteiger charge is 2.14. The molecule has 2 aromatic carbocycles. The quantitative estimate of drug-likeness (QED) is 0.534. The SMILES string of the molecule is Cc1ccncc1C(=O)NCc1ccc2[nH]c(-c3ccccc3F)c(C)c2c1. The van der Waals surface area contributed by atoms with Crippen LogP contribution in [-0.2, 0) is 6.54 Å². The molecule has 2 heterocycles. The molecule has 0 radical (unpaired) electrons. The van der Waals surface area contributed by atoms with E-state index in [1.54, 1.807) is 24.5 Å². The number of nitrogens with zero attached hydrogens (tertiary/aromatic N) is 1. The van der Waals surface area contributed by atoms with Crippen LogP contribution in [-0.4, -0.2) is 15.9 Å². The number of H-pyrrole nitrogens is 1. The summed E-state index contributed by atoms with van der Waals surface area (Å²) in [7, 11) is 0. The van der Waals surface area contributed by atoms with Crippen LogP contribution in [0.3, 0.4) is 0 Å². The topological polar surface area (TPSA) is 57.8 Å². The van der Waals surface area contributed by atoms with E-state index in [2.05, 4.69) is 15.3 Å². The first-order chi connectivity index (χ1) is 13.5. The van der Waals surface area contributed by atoms with Crippen molar-refractivity contribution in [3.8, 4) is 11.3 Å². The van der Waals surface area contributed by atoms with Gasteiger partial charge in [-0.15, -0.1) is 0 Å². The lowest BCUT2D eigenvalue weighted by Gasteiger charge is -2.07. The molecule has 140 valence electrons. The Balaban J connectivity index is 1.60. The Morgan fingerprint density at radius 1 is 1.14 bits per heavy atom. The van der Waals surface area contributed by atoms with Crippen molar-refractivity contribution < 1.29 is 9.18 Å². The average molecular weight is 373 g/mol. The number of benzene rings is 2. The fourth-order valence-corrected chi connectivity index (χ4v) is 3.40. The molecule has 2 aromatic heterocycles. The number of halogens is 1. The number of nitrogens with one attached hydrogen (secondary N) is 2. The van der Waals surface area contributed by atoms with Crippen molar-refractivity contribution >= 4 is 16.8 Å². The maximum atomic E-state index is 14.2. The Morgan fingerprint density at radius 3 is 2.75 bits per heavy atom. The summed E-state index contributed by atoms with van der Waals surface area (Å²) in [4.78, 5) is 19.7. The number of aromatic nitrogens is 2. The van der Waals surface area contributed by atoms with Crippen LogP contribution in [0.5, 0.6) is 0 Å². The number of rotatable bonds is 4. The summed E-state index contributed by atoms with van der Waals surface area (Å²) in [5.41, 5.74) is 5.69. The van der Waals surface area contributed by atoms with Crippen LogP contribution in [0.25, 0.3) is 22.2 Å². The van der Waals surface area contributed by atoms with Crippen LogP contribution in [0.2, 0.25) is 0 Å². The minimum atomic E-state index is -0.253. The smallest absolute Gasteiger partial charge is 0.253 e. The summed E-state index contributed by atoms with van der Waals surface area (Å²) >= 11 is 0. The van der Waals surface area contributed by atoms with E-state index in [0.717, 1.165) is 33.3 Å². The van der Waals surface area contributed by atoms with Crippen molar-refractivity contribution in [2.75, 3.05) is 0 Å². The maximum Gasteiger partial charge on any atom is 0.253 e. The standard InChI is InChI=1S/C23H20FN3O/c1-14-9-10-25-13-19(14)23(28)26-12-16-7-8-21-18(11-16)15(2)22(27-21)17-5-3-4-6-20(17)24/h3-11,13,27H,12H2,1-2H3,(H,26,28). The largest absolute Gasteiger partial charge is 0.354 e. The van der Waals surface area contributed by atoms with Gasteiger partial charge in [-0.3, -0.25) is 9.78 Å². The summed E-state index contributed by atoms with van der Waals surface area (Å²) in [5, 5.41) is 3.95. The van der Waals surface area contributed by atoms with Gasteiger partial charge in [0.1, 0.15) is 5.82 Å². The van der Waals surface area contributed by atoms with Crippen LogP contribution < -0.4 is 5.32 Å². The molecule has 4 nitrogen and oxygen atoms in total. The van der Waals surface area contributed by atoms with Crippen molar-refractivity contribution in [2.45, 2.75) is 20.4 Å². The average Bonchev–Trinajstić information content (AvgIpc) is 3.03. The van der Waals surface area contributed by atoms with Crippen molar-refractivity contribution in [1.82, 2.24) is 15.3 Å². The second kappa shape index (κ2) is 7.27. The van der Waals surface area contributed by atoms with E-state index in [1.807, 2.05) is 44.2 Å². The first-order valence-electron chi connectivity index (χ1n) is 9.09. The Bertz CT molecular complexity index is 1180. The first-order valence-corrected chi connectivity index (χ1v) is 9.09. The second-order valence-corrected chi connectivity index (χ2v) is 6.86. The zero-order valence-electron chi connectivity index (χ0n) is 15.7. The molecule has 4 rings (SSSR count). The number of pyridine rings is 1. The predicted octanol–water partition coefficient (Wildman–Crippen LogP) is 4.92. The van der Waals surface area contributed by atoms with Gasteiger partial charge in [0, 0.05) is 35.4 Å². The van der Waals surface area contributed by atoms with Crippen LogP contribution in [0.1, 0.15) is 27.0 Å². The van der Waals surface area contributed by atoms with Gasteiger partial charge in [0.05, 0.1) is 11.3 Å². The molecule has 0 aliphatic rings. The summed E-state index contributed by atoms with van der Waals surface area (Å²) < 4.78 is 14.2. The zero-order valence-corrected chi connectivity index (χ0v) is 15.7. The molecule has 0 fully saturated rings. The van der Waals surface area contributed by atoms with E-state index in [0.29, 0.717) is 17.7 Å². The van der Waals surface area contributed by atoms with Crippen molar-refractivity contribution in [2.24, 2.45) is 0 Å². The van der Waals surface area contributed by atoms with Gasteiger partial charge in [-0.1, -0.05) is 18.2 Å². The lowest BCUT2D eigenvalue weighted by molar-refractivity contribution is 0.0950. The summed E-state index contributed by atoms with van der Waals surface area (Å²) in [6, 6.07) is 14.5. The third-order valence-electron chi connectivity index (χ3n) is 5.00. The number of hydrogen-bond acceptors (Lipinski definition) is 2. The van der Waals surface area contributed by atoms with Crippen molar-refractivity contribution in [3.63, 3.8) is 0 Å². The molecule has 0 bridgehead atoms. The van der Waals surface area contributed by atoms with Crippen molar-refractivity contribution in [3.05, 3.63) is 89.0 Å². The third-order valence-corrected chi connectivity index (χ3v) is 5.00. The predicted molar refractivity (Wildman–Crippen MR) is 109 cm³/mol. The maximum absolute atomic E-state index is 14.2. The molecule has 0 atom stereocenters. The van der Waals surface area contributed by atoms with Crippen LogP contribution in [0.15, 0.2) is 60.9 Å². The molecule has 0 aliphatic heterocycles. The van der Waals surface area contributed by atoms with E-state index in [4.69, 9.17) is 0 Å². The number of hydrogen-bond donors (Lipinski definition) is 2. The van der Waals surface area contributed by atoms with Crippen LogP contribution in [0, 0.1) is 19.7 Å². The zero-order chi connectivity index (χ0) is 19.7. The van der Waals surface area contributed by atoms with Crippen molar-refractivity contribution in [1.29, 1.82) is 0 Å². The molecule has 0 saturated heterocycles. The summed E-state index contributed by atoms with van der Waals surface area (Å²) in [5.74, 6) is -0.403. The first kappa shape index (κ1) is 17.9. The van der Waals surface area contributed by atoms with Gasteiger partial charge < -0.3 is 10.3 Å². The fourth-order valence-electron chi connectivity index (χ4n) is 3.40. The molecule has 4 aromatic rings. The lowest BCUT2D eigenvalue weighted by atomic mass is 10.0. The highest BCUT2D eigenvalue weighted by atomic mass is 19.1. The highest BCUT2D eigenvalue weighted by molar-refractivity contribution is 5.95. The van der Waals surface area contributed by atoms with Gasteiger partial charge in [0.15, 0.2) is 0 Å². The van der Waals surface area contributed by atoms with Gasteiger partial charge in [-0.05, 0) is 60.9 Å². The third kappa shape index (κ3) is 3.27. The Labute approximate surface area is 162 Å². The number of carbonyl (C=O) groups excluding carboxylic acids is 1.